The van der Waals surface area contributed by atoms with Gasteiger partial charge in [-0.2, -0.15) is 0 Å². The molecule has 0 bridgehead atoms. The highest BCUT2D eigenvalue weighted by atomic mass is 33.1. The zero-order valence-electron chi connectivity index (χ0n) is 18.0. The summed E-state index contributed by atoms with van der Waals surface area (Å²) in [6, 6.07) is 6.16. The minimum absolute atomic E-state index is 0.0973. The van der Waals surface area contributed by atoms with Gasteiger partial charge in [0.1, 0.15) is 30.8 Å². The predicted octanol–water partition coefficient (Wildman–Crippen LogP) is 3.54. The fourth-order valence-corrected chi connectivity index (χ4v) is 5.63. The summed E-state index contributed by atoms with van der Waals surface area (Å²) in [5.41, 5.74) is 0.0973. The Bertz CT molecular complexity index is 762. The normalized spacial score (nSPS) is 15.4. The molecule has 1 heterocycles. The molecule has 0 radical (unpaired) electrons. The van der Waals surface area contributed by atoms with E-state index < -0.39 is 35.5 Å². The molecule has 1 saturated heterocycles. The number of hydrogen-bond acceptors (Lipinski definition) is 12. The van der Waals surface area contributed by atoms with Crippen molar-refractivity contribution in [3.63, 3.8) is 0 Å². The number of carbonyl (C=O) groups is 2. The summed E-state index contributed by atoms with van der Waals surface area (Å²) in [5, 5.41) is 18.9. The van der Waals surface area contributed by atoms with Crippen molar-refractivity contribution in [2.45, 2.75) is 43.5 Å². The average molecular weight is 507 g/mol. The SMILES string of the molecule is COc1ccccc1C(=O)OCC(CO[N+](=O)[O-])O[N+](=O)[O-].O=CCCCCC1CCSS1. The van der Waals surface area contributed by atoms with E-state index in [1.165, 1.54) is 44.3 Å². The minimum atomic E-state index is -1.43. The lowest BCUT2D eigenvalue weighted by Gasteiger charge is -2.14. The highest BCUT2D eigenvalue weighted by Gasteiger charge is 2.20. The van der Waals surface area contributed by atoms with E-state index in [9.17, 15) is 29.8 Å². The number of ether oxygens (including phenoxy) is 2. The van der Waals surface area contributed by atoms with Crippen LogP contribution in [0.1, 0.15) is 42.5 Å². The largest absolute Gasteiger partial charge is 0.496 e. The van der Waals surface area contributed by atoms with E-state index in [1.54, 1.807) is 12.1 Å². The van der Waals surface area contributed by atoms with Crippen molar-refractivity contribution in [2.24, 2.45) is 0 Å². The second-order valence-electron chi connectivity index (χ2n) is 6.55. The van der Waals surface area contributed by atoms with Crippen LogP contribution < -0.4 is 4.74 Å². The third kappa shape index (κ3) is 12.8. The highest BCUT2D eigenvalue weighted by molar-refractivity contribution is 8.77. The molecule has 1 aliphatic rings. The molecule has 0 aromatic heterocycles. The molecule has 2 atom stereocenters. The summed E-state index contributed by atoms with van der Waals surface area (Å²) in [4.78, 5) is 50.3. The Morgan fingerprint density at radius 3 is 2.58 bits per heavy atom. The number of aldehydes is 1. The van der Waals surface area contributed by atoms with E-state index >= 15 is 0 Å². The van der Waals surface area contributed by atoms with Crippen molar-refractivity contribution in [3.05, 3.63) is 50.1 Å². The monoisotopic (exact) mass is 506 g/mol. The molecule has 2 rings (SSSR count). The van der Waals surface area contributed by atoms with Crippen LogP contribution in [0.4, 0.5) is 0 Å². The molecular weight excluding hydrogens is 480 g/mol. The van der Waals surface area contributed by atoms with Gasteiger partial charge < -0.3 is 23.9 Å². The maximum Gasteiger partial charge on any atom is 0.341 e. The molecule has 184 valence electrons. The Balaban J connectivity index is 0.000000412. The molecule has 1 aliphatic heterocycles. The Kier molecular flexibility index (Phi) is 14.4. The predicted molar refractivity (Wildman–Crippen MR) is 121 cm³/mol. The molecule has 0 aliphatic carbocycles. The zero-order chi connectivity index (χ0) is 24.5. The maximum absolute atomic E-state index is 11.9. The molecule has 1 aromatic rings. The molecule has 1 fully saturated rings. The first-order valence-corrected chi connectivity index (χ1v) is 12.4. The fraction of sp³-hybridized carbons (Fsp3) is 0.579. The molecule has 0 saturated carbocycles. The molecular formula is C19H26N2O10S2. The Morgan fingerprint density at radius 1 is 1.21 bits per heavy atom. The van der Waals surface area contributed by atoms with E-state index in [0.29, 0.717) is 0 Å². The zero-order valence-corrected chi connectivity index (χ0v) is 19.6. The van der Waals surface area contributed by atoms with Crippen LogP contribution in [-0.2, 0) is 19.2 Å². The summed E-state index contributed by atoms with van der Waals surface area (Å²) in [6.07, 6.45) is 5.35. The van der Waals surface area contributed by atoms with Gasteiger partial charge in [-0.05, 0) is 31.4 Å². The summed E-state index contributed by atoms with van der Waals surface area (Å²) >= 11 is 0. The molecule has 14 heteroatoms. The van der Waals surface area contributed by atoms with Crippen LogP contribution in [0.2, 0.25) is 0 Å². The number of unbranched alkanes of at least 4 members (excludes halogenated alkanes) is 2. The van der Waals surface area contributed by atoms with Crippen molar-refractivity contribution in [2.75, 3.05) is 26.1 Å². The van der Waals surface area contributed by atoms with Crippen molar-refractivity contribution >= 4 is 33.8 Å². The molecule has 12 nitrogen and oxygen atoms in total. The second kappa shape index (κ2) is 16.8. The van der Waals surface area contributed by atoms with Gasteiger partial charge in [-0.1, -0.05) is 40.1 Å². The third-order valence-electron chi connectivity index (χ3n) is 4.15. The lowest BCUT2D eigenvalue weighted by Crippen LogP contribution is -2.30. The van der Waals surface area contributed by atoms with Crippen molar-refractivity contribution in [1.29, 1.82) is 0 Å². The summed E-state index contributed by atoms with van der Waals surface area (Å²) < 4.78 is 9.78. The third-order valence-corrected chi connectivity index (χ3v) is 7.16. The average Bonchev–Trinajstić information content (AvgIpc) is 3.32. The van der Waals surface area contributed by atoms with Crippen LogP contribution in [0.3, 0.4) is 0 Å². The number of benzene rings is 1. The second-order valence-corrected chi connectivity index (χ2v) is 9.34. The van der Waals surface area contributed by atoms with E-state index in [0.717, 1.165) is 24.4 Å². The molecule has 0 spiro atoms. The molecule has 0 amide bonds. The van der Waals surface area contributed by atoms with Crippen molar-refractivity contribution in [3.8, 4) is 5.75 Å². The standard InChI is InChI=1S/C11H12N2O9.C8H14OS2/c1-19-10-5-3-2-4-9(10)11(14)20-6-8(22-13(17)18)7-21-12(15)16;9-6-3-1-2-4-8-5-7-10-11-8/h2-5,8H,6-7H2,1H3;6,8H,1-5,7H2. The van der Waals surface area contributed by atoms with Gasteiger partial charge in [-0.15, -0.1) is 20.2 Å². The van der Waals surface area contributed by atoms with E-state index in [4.69, 9.17) is 9.47 Å². The lowest BCUT2D eigenvalue weighted by atomic mass is 10.1. The van der Waals surface area contributed by atoms with Crippen LogP contribution in [-0.4, -0.2) is 59.9 Å². The Labute approximate surface area is 198 Å². The number of rotatable bonds is 14. The molecule has 2 unspecified atom stereocenters. The van der Waals surface area contributed by atoms with Crippen molar-refractivity contribution in [1.82, 2.24) is 0 Å². The molecule has 33 heavy (non-hydrogen) atoms. The van der Waals surface area contributed by atoms with Gasteiger partial charge in [-0.3, -0.25) is 0 Å². The lowest BCUT2D eigenvalue weighted by molar-refractivity contribution is -0.790. The van der Waals surface area contributed by atoms with E-state index in [2.05, 4.69) is 9.68 Å². The molecule has 1 aromatic carbocycles. The first-order valence-electron chi connectivity index (χ1n) is 9.97. The fourth-order valence-electron chi connectivity index (χ4n) is 2.60. The van der Waals surface area contributed by atoms with E-state index in [1.807, 2.05) is 21.6 Å². The van der Waals surface area contributed by atoms with Crippen LogP contribution in [0, 0.1) is 20.2 Å². The van der Waals surface area contributed by atoms with E-state index in [-0.39, 0.29) is 11.3 Å². The topological polar surface area (TPSA) is 157 Å². The smallest absolute Gasteiger partial charge is 0.341 e. The number of hydrogen-bond donors (Lipinski definition) is 0. The van der Waals surface area contributed by atoms with Gasteiger partial charge in [-0.25, -0.2) is 4.79 Å². The summed E-state index contributed by atoms with van der Waals surface area (Å²) in [7, 11) is 5.38. The minimum Gasteiger partial charge on any atom is -0.496 e. The Morgan fingerprint density at radius 2 is 1.97 bits per heavy atom. The number of esters is 1. The summed E-state index contributed by atoms with van der Waals surface area (Å²) in [6.45, 7) is -1.36. The van der Waals surface area contributed by atoms with Crippen LogP contribution in [0.5, 0.6) is 5.75 Å². The van der Waals surface area contributed by atoms with Crippen LogP contribution >= 0.6 is 21.6 Å². The molecule has 0 N–H and O–H groups in total. The van der Waals surface area contributed by atoms with Crippen LogP contribution in [0.25, 0.3) is 0 Å². The quantitative estimate of drug-likeness (QED) is 0.0903. The van der Waals surface area contributed by atoms with Gasteiger partial charge in [0.15, 0.2) is 6.10 Å². The van der Waals surface area contributed by atoms with Gasteiger partial charge in [0.05, 0.1) is 7.11 Å². The maximum atomic E-state index is 11.9. The first-order chi connectivity index (χ1) is 15.9. The number of methoxy groups -OCH3 is 1. The number of carbonyl (C=O) groups excluding carboxylic acids is 2. The van der Waals surface area contributed by atoms with Crippen LogP contribution in [0.15, 0.2) is 24.3 Å². The highest BCUT2D eigenvalue weighted by Crippen LogP contribution is 2.39. The van der Waals surface area contributed by atoms with Gasteiger partial charge in [0.25, 0.3) is 10.2 Å². The van der Waals surface area contributed by atoms with Gasteiger partial charge in [0, 0.05) is 17.4 Å². The Hall–Kier alpha value is -2.74. The number of nitrogens with zero attached hydrogens (tertiary/aromatic N) is 2. The van der Waals surface area contributed by atoms with Gasteiger partial charge >= 0.3 is 5.97 Å². The summed E-state index contributed by atoms with van der Waals surface area (Å²) in [5.74, 6) is 0.750. The first kappa shape index (κ1) is 28.3. The number of para-hydroxylation sites is 1. The van der Waals surface area contributed by atoms with Gasteiger partial charge in [0.2, 0.25) is 0 Å². The van der Waals surface area contributed by atoms with Crippen molar-refractivity contribution < 1.29 is 38.9 Å².